The van der Waals surface area contributed by atoms with Crippen molar-refractivity contribution in [3.63, 3.8) is 0 Å². The summed E-state index contributed by atoms with van der Waals surface area (Å²) in [6.45, 7) is 0. The molecule has 0 atom stereocenters. The first-order valence-electron chi connectivity index (χ1n) is 5.11. The van der Waals surface area contributed by atoms with Gasteiger partial charge in [0.1, 0.15) is 23.1 Å². The van der Waals surface area contributed by atoms with Gasteiger partial charge in [0.25, 0.3) is 0 Å². The molecule has 0 bridgehead atoms. The van der Waals surface area contributed by atoms with Crippen LogP contribution in [0.1, 0.15) is 0 Å². The van der Waals surface area contributed by atoms with Crippen molar-refractivity contribution in [2.24, 2.45) is 0 Å². The lowest BCUT2D eigenvalue weighted by Crippen LogP contribution is -2.20. The van der Waals surface area contributed by atoms with E-state index in [2.05, 4.69) is 9.64 Å². The molecule has 1 aromatic heterocycles. The Morgan fingerprint density at radius 2 is 1.79 bits per heavy atom. The normalized spacial score (nSPS) is 10.4. The summed E-state index contributed by atoms with van der Waals surface area (Å²) < 4.78 is 44.3. The molecule has 0 aliphatic carbocycles. The van der Waals surface area contributed by atoms with E-state index in [0.29, 0.717) is 6.07 Å². The lowest BCUT2D eigenvalue weighted by Gasteiger charge is -2.08. The summed E-state index contributed by atoms with van der Waals surface area (Å²) in [5.41, 5.74) is -0.688. The van der Waals surface area contributed by atoms with E-state index in [4.69, 9.17) is 10.0 Å². The second kappa shape index (κ2) is 5.29. The number of rotatable bonds is 3. The Balaban J connectivity index is 2.48. The van der Waals surface area contributed by atoms with Crippen LogP contribution < -0.4 is 4.65 Å². The second-order valence-corrected chi connectivity index (χ2v) is 3.57. The lowest BCUT2D eigenvalue weighted by molar-refractivity contribution is 0.288. The van der Waals surface area contributed by atoms with Crippen LogP contribution in [0.4, 0.5) is 13.2 Å². The van der Waals surface area contributed by atoms with E-state index in [0.717, 1.165) is 24.4 Å². The molecule has 2 rings (SSSR count). The minimum absolute atomic E-state index is 0.100. The third-order valence-electron chi connectivity index (χ3n) is 2.24. The van der Waals surface area contributed by atoms with E-state index in [1.165, 1.54) is 0 Å². The van der Waals surface area contributed by atoms with Crippen molar-refractivity contribution in [2.75, 3.05) is 0 Å². The third-order valence-corrected chi connectivity index (χ3v) is 2.24. The van der Waals surface area contributed by atoms with E-state index in [1.54, 1.807) is 0 Å². The average molecular weight is 269 g/mol. The van der Waals surface area contributed by atoms with Crippen molar-refractivity contribution in [3.05, 3.63) is 47.9 Å². The van der Waals surface area contributed by atoms with Gasteiger partial charge in [-0.15, -0.1) is 0 Å². The first-order valence-corrected chi connectivity index (χ1v) is 5.11. The molecular formula is C11H7BF3NO3. The first kappa shape index (κ1) is 13.4. The molecule has 0 amide bonds. The predicted octanol–water partition coefficient (Wildman–Crippen LogP) is 1.51. The van der Waals surface area contributed by atoms with Crippen LogP contribution in [-0.4, -0.2) is 22.4 Å². The van der Waals surface area contributed by atoms with E-state index >= 15 is 0 Å². The quantitative estimate of drug-likeness (QED) is 0.829. The van der Waals surface area contributed by atoms with Gasteiger partial charge in [0.2, 0.25) is 0 Å². The lowest BCUT2D eigenvalue weighted by atomic mass is 10.1. The minimum Gasteiger partial charge on any atom is -0.512 e. The minimum atomic E-state index is -2.09. The highest BCUT2D eigenvalue weighted by molar-refractivity contribution is 6.33. The molecule has 1 aromatic carbocycles. The van der Waals surface area contributed by atoms with Crippen LogP contribution in [0.3, 0.4) is 0 Å². The predicted molar refractivity (Wildman–Crippen MR) is 60.4 cm³/mol. The Hall–Kier alpha value is -2.06. The zero-order valence-corrected chi connectivity index (χ0v) is 9.35. The molecule has 2 N–H and O–H groups in total. The van der Waals surface area contributed by atoms with Gasteiger partial charge in [0, 0.05) is 11.6 Å². The summed E-state index contributed by atoms with van der Waals surface area (Å²) >= 11 is 0. The standard InChI is InChI=1S/C11H7BF3NO3/c13-6-3-10(15)11(16-5-6)8-4-7(19-12(17)18)1-2-9(8)14/h1-5,17-18H. The largest absolute Gasteiger partial charge is 0.707 e. The maximum Gasteiger partial charge on any atom is 0.707 e. The van der Waals surface area contributed by atoms with Crippen molar-refractivity contribution in [1.29, 1.82) is 0 Å². The van der Waals surface area contributed by atoms with E-state index in [1.807, 2.05) is 0 Å². The van der Waals surface area contributed by atoms with Crippen molar-refractivity contribution in [2.45, 2.75) is 0 Å². The van der Waals surface area contributed by atoms with Gasteiger partial charge in [0.05, 0.1) is 6.20 Å². The molecule has 0 fully saturated rings. The van der Waals surface area contributed by atoms with Crippen LogP contribution in [0.25, 0.3) is 11.3 Å². The Morgan fingerprint density at radius 1 is 1.05 bits per heavy atom. The summed E-state index contributed by atoms with van der Waals surface area (Å²) in [5.74, 6) is -2.84. The van der Waals surface area contributed by atoms with E-state index in [9.17, 15) is 13.2 Å². The van der Waals surface area contributed by atoms with Crippen LogP contribution in [-0.2, 0) is 0 Å². The molecular weight excluding hydrogens is 262 g/mol. The maximum atomic E-state index is 13.6. The highest BCUT2D eigenvalue weighted by Crippen LogP contribution is 2.27. The molecule has 0 spiro atoms. The summed E-state index contributed by atoms with van der Waals surface area (Å²) in [5, 5.41) is 17.3. The summed E-state index contributed by atoms with van der Waals surface area (Å²) in [6.07, 6.45) is 0.742. The molecule has 0 unspecified atom stereocenters. The molecule has 8 heteroatoms. The van der Waals surface area contributed by atoms with Crippen LogP contribution in [0.5, 0.6) is 5.75 Å². The summed E-state index contributed by atoms with van der Waals surface area (Å²) in [7, 11) is -2.09. The topological polar surface area (TPSA) is 62.6 Å². The molecule has 98 valence electrons. The van der Waals surface area contributed by atoms with Crippen LogP contribution in [0.2, 0.25) is 0 Å². The molecule has 1 heterocycles. The van der Waals surface area contributed by atoms with Gasteiger partial charge in [-0.3, -0.25) is 0 Å². The van der Waals surface area contributed by atoms with Gasteiger partial charge in [-0.25, -0.2) is 18.2 Å². The monoisotopic (exact) mass is 269 g/mol. The van der Waals surface area contributed by atoms with Gasteiger partial charge in [-0.05, 0) is 18.2 Å². The molecule has 0 saturated carbocycles. The third kappa shape index (κ3) is 3.04. The highest BCUT2D eigenvalue weighted by atomic mass is 19.1. The van der Waals surface area contributed by atoms with Crippen molar-refractivity contribution in [3.8, 4) is 17.0 Å². The maximum absolute atomic E-state index is 13.6. The van der Waals surface area contributed by atoms with E-state index in [-0.39, 0.29) is 11.3 Å². The second-order valence-electron chi connectivity index (χ2n) is 3.57. The van der Waals surface area contributed by atoms with Crippen molar-refractivity contribution < 1.29 is 27.9 Å². The summed E-state index contributed by atoms with van der Waals surface area (Å²) in [6, 6.07) is 3.66. The average Bonchev–Trinajstić information content (AvgIpc) is 2.31. The fourth-order valence-electron chi connectivity index (χ4n) is 1.49. The fourth-order valence-corrected chi connectivity index (χ4v) is 1.49. The zero-order valence-electron chi connectivity index (χ0n) is 9.35. The molecule has 0 aliphatic heterocycles. The Labute approximate surface area is 106 Å². The smallest absolute Gasteiger partial charge is 0.512 e. The highest BCUT2D eigenvalue weighted by Gasteiger charge is 2.16. The number of hydrogen-bond acceptors (Lipinski definition) is 4. The Kier molecular flexibility index (Phi) is 3.73. The molecule has 19 heavy (non-hydrogen) atoms. The molecule has 2 aromatic rings. The van der Waals surface area contributed by atoms with Gasteiger partial charge in [-0.2, -0.15) is 0 Å². The number of hydrogen-bond donors (Lipinski definition) is 2. The number of pyridine rings is 1. The van der Waals surface area contributed by atoms with Crippen LogP contribution in [0, 0.1) is 17.5 Å². The van der Waals surface area contributed by atoms with Gasteiger partial charge in [-0.1, -0.05) is 0 Å². The number of nitrogens with zero attached hydrogens (tertiary/aromatic N) is 1. The summed E-state index contributed by atoms with van der Waals surface area (Å²) in [4.78, 5) is 3.46. The van der Waals surface area contributed by atoms with Crippen LogP contribution >= 0.6 is 0 Å². The van der Waals surface area contributed by atoms with Crippen LogP contribution in [0.15, 0.2) is 30.5 Å². The van der Waals surface area contributed by atoms with Gasteiger partial charge < -0.3 is 14.7 Å². The van der Waals surface area contributed by atoms with Gasteiger partial charge >= 0.3 is 7.32 Å². The molecule has 0 aliphatic rings. The number of aromatic nitrogens is 1. The van der Waals surface area contributed by atoms with E-state index < -0.39 is 30.5 Å². The molecule has 4 nitrogen and oxygen atoms in total. The Bertz CT molecular complexity index is 610. The van der Waals surface area contributed by atoms with Crippen molar-refractivity contribution in [1.82, 2.24) is 4.98 Å². The van der Waals surface area contributed by atoms with Crippen molar-refractivity contribution >= 4 is 7.32 Å². The first-order chi connectivity index (χ1) is 8.97. The number of benzene rings is 1. The SMILES string of the molecule is OB(O)Oc1ccc(F)c(-c2ncc(F)cc2F)c1. The molecule has 0 radical (unpaired) electrons. The fraction of sp³-hybridized carbons (Fsp3) is 0. The zero-order chi connectivity index (χ0) is 14.0. The Morgan fingerprint density at radius 3 is 2.42 bits per heavy atom. The molecule has 0 saturated heterocycles. The van der Waals surface area contributed by atoms with Gasteiger partial charge in [0.15, 0.2) is 5.82 Å². The number of halogens is 3.